The quantitative estimate of drug-likeness (QED) is 0.593. The first kappa shape index (κ1) is 13.5. The number of methoxy groups -OCH3 is 1. The predicted molar refractivity (Wildman–Crippen MR) is 70.2 cm³/mol. The average Bonchev–Trinajstić information content (AvgIpc) is 2.31. The molecule has 0 spiro atoms. The molecule has 0 radical (unpaired) electrons. The van der Waals surface area contributed by atoms with Crippen LogP contribution in [-0.4, -0.2) is 36.8 Å². The molecule has 0 aliphatic rings. The number of aromatic nitrogens is 2. The molecule has 1 heterocycles. The predicted octanol–water partition coefficient (Wildman–Crippen LogP) is 1.33. The van der Waals surface area contributed by atoms with Crippen molar-refractivity contribution < 1.29 is 4.74 Å². The summed E-state index contributed by atoms with van der Waals surface area (Å²) in [5.74, 6) is 1.78. The van der Waals surface area contributed by atoms with Crippen LogP contribution in [0.3, 0.4) is 0 Å². The van der Waals surface area contributed by atoms with E-state index in [1.807, 2.05) is 6.07 Å². The maximum Gasteiger partial charge on any atom is 0.223 e. The number of nitrogens with zero attached hydrogens (tertiary/aromatic N) is 2. The molecular formula is C11H21N5O. The van der Waals surface area contributed by atoms with E-state index < -0.39 is 0 Å². The van der Waals surface area contributed by atoms with Crippen LogP contribution in [0, 0.1) is 0 Å². The van der Waals surface area contributed by atoms with Gasteiger partial charge in [0.05, 0.1) is 0 Å². The Hall–Kier alpha value is -1.56. The SMILES string of the molecule is CCCNc1cc(NCCCOC)nc(N)n1. The highest BCUT2D eigenvalue weighted by molar-refractivity contribution is 5.50. The number of anilines is 3. The molecular weight excluding hydrogens is 218 g/mol. The molecule has 0 unspecified atom stereocenters. The van der Waals surface area contributed by atoms with Gasteiger partial charge < -0.3 is 21.1 Å². The third-order valence-corrected chi connectivity index (χ3v) is 2.13. The fraction of sp³-hybridized carbons (Fsp3) is 0.636. The van der Waals surface area contributed by atoms with Gasteiger partial charge in [0, 0.05) is 32.9 Å². The normalized spacial score (nSPS) is 10.2. The van der Waals surface area contributed by atoms with E-state index in [2.05, 4.69) is 27.5 Å². The van der Waals surface area contributed by atoms with Gasteiger partial charge in [0.2, 0.25) is 5.95 Å². The van der Waals surface area contributed by atoms with E-state index in [0.29, 0.717) is 0 Å². The summed E-state index contributed by atoms with van der Waals surface area (Å²) in [6, 6.07) is 1.86. The first-order valence-electron chi connectivity index (χ1n) is 5.87. The Morgan fingerprint density at radius 1 is 1.24 bits per heavy atom. The smallest absolute Gasteiger partial charge is 0.223 e. The molecule has 6 nitrogen and oxygen atoms in total. The summed E-state index contributed by atoms with van der Waals surface area (Å²) in [5.41, 5.74) is 5.63. The van der Waals surface area contributed by atoms with Gasteiger partial charge in [-0.2, -0.15) is 9.97 Å². The Bertz CT molecular complexity index is 332. The van der Waals surface area contributed by atoms with Crippen LogP contribution in [0.2, 0.25) is 0 Å². The molecule has 0 atom stereocenters. The standard InChI is InChI=1S/C11H21N5O/c1-3-5-13-9-8-10(16-11(12)15-9)14-6-4-7-17-2/h8H,3-7H2,1-2H3,(H4,12,13,14,15,16). The molecule has 0 aromatic carbocycles. The second-order valence-electron chi connectivity index (χ2n) is 3.70. The van der Waals surface area contributed by atoms with Crippen molar-refractivity contribution in [2.45, 2.75) is 19.8 Å². The van der Waals surface area contributed by atoms with E-state index in [1.54, 1.807) is 7.11 Å². The zero-order valence-electron chi connectivity index (χ0n) is 10.5. The molecule has 4 N–H and O–H groups in total. The molecule has 17 heavy (non-hydrogen) atoms. The monoisotopic (exact) mass is 239 g/mol. The Balaban J connectivity index is 2.50. The van der Waals surface area contributed by atoms with Crippen LogP contribution in [0.5, 0.6) is 0 Å². The summed E-state index contributed by atoms with van der Waals surface area (Å²) in [6.45, 7) is 4.51. The highest BCUT2D eigenvalue weighted by atomic mass is 16.5. The zero-order valence-corrected chi connectivity index (χ0v) is 10.5. The number of ether oxygens (including phenoxy) is 1. The molecule has 1 rings (SSSR count). The molecule has 0 saturated heterocycles. The van der Waals surface area contributed by atoms with Gasteiger partial charge in [0.1, 0.15) is 11.6 Å². The Morgan fingerprint density at radius 2 is 1.88 bits per heavy atom. The van der Waals surface area contributed by atoms with Crippen LogP contribution < -0.4 is 16.4 Å². The van der Waals surface area contributed by atoms with E-state index >= 15 is 0 Å². The van der Waals surface area contributed by atoms with Crippen molar-refractivity contribution >= 4 is 17.6 Å². The number of nitrogens with one attached hydrogen (secondary N) is 2. The van der Waals surface area contributed by atoms with E-state index in [4.69, 9.17) is 10.5 Å². The number of hydrogen-bond acceptors (Lipinski definition) is 6. The lowest BCUT2D eigenvalue weighted by Gasteiger charge is -2.09. The topological polar surface area (TPSA) is 85.1 Å². The van der Waals surface area contributed by atoms with E-state index in [1.165, 1.54) is 0 Å². The number of rotatable bonds is 8. The molecule has 0 aliphatic carbocycles. The van der Waals surface area contributed by atoms with Gasteiger partial charge in [-0.05, 0) is 12.8 Å². The van der Waals surface area contributed by atoms with Gasteiger partial charge in [-0.15, -0.1) is 0 Å². The third-order valence-electron chi connectivity index (χ3n) is 2.13. The molecule has 0 amide bonds. The van der Waals surface area contributed by atoms with Crippen molar-refractivity contribution in [1.29, 1.82) is 0 Å². The van der Waals surface area contributed by atoms with E-state index in [-0.39, 0.29) is 5.95 Å². The lowest BCUT2D eigenvalue weighted by molar-refractivity contribution is 0.198. The van der Waals surface area contributed by atoms with E-state index in [0.717, 1.165) is 44.2 Å². The summed E-state index contributed by atoms with van der Waals surface area (Å²) in [7, 11) is 1.69. The first-order chi connectivity index (χ1) is 8.26. The fourth-order valence-electron chi connectivity index (χ4n) is 1.33. The molecule has 0 bridgehead atoms. The molecule has 1 aromatic rings. The first-order valence-corrected chi connectivity index (χ1v) is 5.87. The molecule has 0 aliphatic heterocycles. The van der Waals surface area contributed by atoms with Gasteiger partial charge in [0.25, 0.3) is 0 Å². The van der Waals surface area contributed by atoms with Crippen molar-refractivity contribution in [2.75, 3.05) is 43.2 Å². The van der Waals surface area contributed by atoms with Crippen LogP contribution in [0.4, 0.5) is 17.6 Å². The third kappa shape index (κ3) is 5.35. The summed E-state index contributed by atoms with van der Waals surface area (Å²) in [4.78, 5) is 8.22. The lowest BCUT2D eigenvalue weighted by atomic mass is 10.4. The Labute approximate surface area is 102 Å². The molecule has 6 heteroatoms. The van der Waals surface area contributed by atoms with Gasteiger partial charge in [0.15, 0.2) is 0 Å². The van der Waals surface area contributed by atoms with Crippen LogP contribution in [0.15, 0.2) is 6.07 Å². The molecule has 1 aromatic heterocycles. The number of nitrogen functional groups attached to an aromatic ring is 1. The number of nitrogens with two attached hydrogens (primary N) is 1. The summed E-state index contributed by atoms with van der Waals surface area (Å²) in [6.07, 6.45) is 1.97. The fourth-order valence-corrected chi connectivity index (χ4v) is 1.33. The van der Waals surface area contributed by atoms with Crippen molar-refractivity contribution in [3.05, 3.63) is 6.07 Å². The van der Waals surface area contributed by atoms with Crippen LogP contribution in [0.25, 0.3) is 0 Å². The van der Waals surface area contributed by atoms with Crippen LogP contribution in [0.1, 0.15) is 19.8 Å². The van der Waals surface area contributed by atoms with Crippen LogP contribution >= 0.6 is 0 Å². The van der Waals surface area contributed by atoms with E-state index in [9.17, 15) is 0 Å². The Kier molecular flexibility index (Phi) is 6.09. The van der Waals surface area contributed by atoms with Crippen molar-refractivity contribution in [3.63, 3.8) is 0 Å². The van der Waals surface area contributed by atoms with Gasteiger partial charge in [-0.1, -0.05) is 6.92 Å². The second-order valence-corrected chi connectivity index (χ2v) is 3.70. The molecule has 96 valence electrons. The summed E-state index contributed by atoms with van der Waals surface area (Å²) < 4.78 is 4.97. The highest BCUT2D eigenvalue weighted by Crippen LogP contribution is 2.12. The largest absolute Gasteiger partial charge is 0.385 e. The minimum Gasteiger partial charge on any atom is -0.385 e. The average molecular weight is 239 g/mol. The second kappa shape index (κ2) is 7.67. The van der Waals surface area contributed by atoms with Gasteiger partial charge >= 0.3 is 0 Å². The molecule has 0 saturated carbocycles. The minimum absolute atomic E-state index is 0.278. The van der Waals surface area contributed by atoms with Crippen molar-refractivity contribution in [1.82, 2.24) is 9.97 Å². The van der Waals surface area contributed by atoms with Gasteiger partial charge in [-0.3, -0.25) is 0 Å². The minimum atomic E-state index is 0.278. The molecule has 0 fully saturated rings. The van der Waals surface area contributed by atoms with Crippen LogP contribution in [-0.2, 0) is 4.74 Å². The number of hydrogen-bond donors (Lipinski definition) is 3. The van der Waals surface area contributed by atoms with Crippen molar-refractivity contribution in [3.8, 4) is 0 Å². The Morgan fingerprint density at radius 3 is 2.47 bits per heavy atom. The summed E-state index contributed by atoms with van der Waals surface area (Å²) in [5, 5.41) is 6.37. The maximum absolute atomic E-state index is 5.63. The van der Waals surface area contributed by atoms with Crippen molar-refractivity contribution in [2.24, 2.45) is 0 Å². The zero-order chi connectivity index (χ0) is 12.5. The maximum atomic E-state index is 5.63. The highest BCUT2D eigenvalue weighted by Gasteiger charge is 2.01. The summed E-state index contributed by atoms with van der Waals surface area (Å²) >= 11 is 0. The van der Waals surface area contributed by atoms with Gasteiger partial charge in [-0.25, -0.2) is 0 Å². The lowest BCUT2D eigenvalue weighted by Crippen LogP contribution is -2.10.